The van der Waals surface area contributed by atoms with E-state index in [1.807, 2.05) is 30.3 Å². The van der Waals surface area contributed by atoms with E-state index in [2.05, 4.69) is 10.3 Å². The van der Waals surface area contributed by atoms with Crippen molar-refractivity contribution in [2.75, 3.05) is 6.61 Å². The number of carbonyl (C=O) groups is 3. The molecule has 1 fully saturated rings. The van der Waals surface area contributed by atoms with E-state index in [0.29, 0.717) is 28.9 Å². The number of aromatic nitrogens is 2. The Labute approximate surface area is 184 Å². The quantitative estimate of drug-likeness (QED) is 0.571. The van der Waals surface area contributed by atoms with E-state index >= 15 is 0 Å². The summed E-state index contributed by atoms with van der Waals surface area (Å²) in [5.41, 5.74) is 1.58. The van der Waals surface area contributed by atoms with Crippen molar-refractivity contribution in [1.82, 2.24) is 14.9 Å². The number of imide groups is 1. The van der Waals surface area contributed by atoms with Gasteiger partial charge in [0.05, 0.1) is 17.5 Å². The van der Waals surface area contributed by atoms with Crippen LogP contribution in [-0.2, 0) is 32.1 Å². The summed E-state index contributed by atoms with van der Waals surface area (Å²) in [6.07, 6.45) is 0.397. The third-order valence-electron chi connectivity index (χ3n) is 5.48. The van der Waals surface area contributed by atoms with Gasteiger partial charge in [0.25, 0.3) is 5.56 Å². The molecule has 0 bridgehead atoms. The molecular formula is C24H23N3O5. The first kappa shape index (κ1) is 21.6. The van der Waals surface area contributed by atoms with Gasteiger partial charge in [0.15, 0.2) is 5.78 Å². The van der Waals surface area contributed by atoms with Gasteiger partial charge in [-0.2, -0.15) is 0 Å². The number of benzene rings is 2. The lowest BCUT2D eigenvalue weighted by atomic mass is 10.0. The lowest BCUT2D eigenvalue weighted by Gasteiger charge is -2.24. The van der Waals surface area contributed by atoms with Crippen LogP contribution in [0.25, 0.3) is 10.9 Å². The minimum atomic E-state index is -0.810. The van der Waals surface area contributed by atoms with Crippen molar-refractivity contribution in [3.05, 3.63) is 75.8 Å². The van der Waals surface area contributed by atoms with Crippen molar-refractivity contribution in [3.8, 4) is 0 Å². The van der Waals surface area contributed by atoms with Crippen molar-refractivity contribution in [2.24, 2.45) is 0 Å². The maximum atomic E-state index is 13.4. The molecule has 1 atom stereocenters. The van der Waals surface area contributed by atoms with Gasteiger partial charge < -0.3 is 4.74 Å². The number of hydrogen-bond acceptors (Lipinski definition) is 6. The average Bonchev–Trinajstić information content (AvgIpc) is 2.76. The Morgan fingerprint density at radius 2 is 1.91 bits per heavy atom. The average molecular weight is 433 g/mol. The van der Waals surface area contributed by atoms with Gasteiger partial charge in [0, 0.05) is 12.8 Å². The number of aryl methyl sites for hydroxylation is 1. The van der Waals surface area contributed by atoms with E-state index in [9.17, 15) is 19.2 Å². The standard InChI is InChI=1S/C24H23N3O5/c1-15-25-19-9-5-8-17(12-18(28)14-32-13-16-6-3-2-4-7-16)22(19)24(31)27(15)20-10-11-21(29)26-23(20)30/h2-9,20H,10-14H2,1H3,(H,26,29,30). The van der Waals surface area contributed by atoms with Crippen molar-refractivity contribution in [1.29, 1.82) is 0 Å². The summed E-state index contributed by atoms with van der Waals surface area (Å²) < 4.78 is 6.85. The highest BCUT2D eigenvalue weighted by atomic mass is 16.5. The fourth-order valence-corrected chi connectivity index (χ4v) is 3.99. The van der Waals surface area contributed by atoms with Gasteiger partial charge in [0.2, 0.25) is 11.8 Å². The highest BCUT2D eigenvalue weighted by molar-refractivity contribution is 5.99. The molecule has 4 rings (SSSR count). The minimum absolute atomic E-state index is 0.0153. The zero-order valence-electron chi connectivity index (χ0n) is 17.7. The lowest BCUT2D eigenvalue weighted by molar-refractivity contribution is -0.135. The van der Waals surface area contributed by atoms with Gasteiger partial charge >= 0.3 is 0 Å². The van der Waals surface area contributed by atoms with E-state index in [1.165, 1.54) is 4.57 Å². The Morgan fingerprint density at radius 1 is 1.12 bits per heavy atom. The number of amides is 2. The maximum absolute atomic E-state index is 13.4. The minimum Gasteiger partial charge on any atom is -0.369 e. The predicted molar refractivity (Wildman–Crippen MR) is 117 cm³/mol. The second-order valence-electron chi connectivity index (χ2n) is 7.81. The lowest BCUT2D eigenvalue weighted by Crippen LogP contribution is -2.45. The van der Waals surface area contributed by atoms with Gasteiger partial charge in [-0.25, -0.2) is 4.98 Å². The Bertz CT molecular complexity index is 1250. The molecule has 8 nitrogen and oxygen atoms in total. The van der Waals surface area contributed by atoms with Crippen LogP contribution in [0.1, 0.15) is 35.8 Å². The van der Waals surface area contributed by atoms with Crippen LogP contribution in [0.3, 0.4) is 0 Å². The van der Waals surface area contributed by atoms with Gasteiger partial charge in [-0.1, -0.05) is 42.5 Å². The summed E-state index contributed by atoms with van der Waals surface area (Å²) in [5, 5.41) is 2.58. The first-order valence-electron chi connectivity index (χ1n) is 10.4. The summed E-state index contributed by atoms with van der Waals surface area (Å²) in [4.78, 5) is 54.3. The Morgan fingerprint density at radius 3 is 2.66 bits per heavy atom. The number of nitrogens with zero attached hydrogens (tertiary/aromatic N) is 2. The molecule has 2 aromatic carbocycles. The normalized spacial score (nSPS) is 16.2. The molecule has 1 saturated heterocycles. The van der Waals surface area contributed by atoms with Crippen molar-refractivity contribution in [2.45, 2.75) is 38.8 Å². The predicted octanol–water partition coefficient (Wildman–Crippen LogP) is 2.01. The van der Waals surface area contributed by atoms with Gasteiger partial charge in [-0.15, -0.1) is 0 Å². The zero-order chi connectivity index (χ0) is 22.7. The number of piperidine rings is 1. The molecule has 0 spiro atoms. The van der Waals surface area contributed by atoms with E-state index in [0.717, 1.165) is 5.56 Å². The molecule has 1 aliphatic rings. The van der Waals surface area contributed by atoms with Crippen LogP contribution in [0.15, 0.2) is 53.3 Å². The highest BCUT2D eigenvalue weighted by Gasteiger charge is 2.30. The number of Topliss-reactive ketones (excluding diaryl/α,β-unsaturated/α-hetero) is 1. The smallest absolute Gasteiger partial charge is 0.262 e. The van der Waals surface area contributed by atoms with Crippen LogP contribution in [-0.4, -0.2) is 33.8 Å². The molecule has 3 aromatic rings. The van der Waals surface area contributed by atoms with Crippen LogP contribution >= 0.6 is 0 Å². The fraction of sp³-hybridized carbons (Fsp3) is 0.292. The molecule has 2 amide bonds. The molecule has 32 heavy (non-hydrogen) atoms. The molecule has 1 N–H and O–H groups in total. The summed E-state index contributed by atoms with van der Waals surface area (Å²) in [6.45, 7) is 1.90. The second-order valence-corrected chi connectivity index (χ2v) is 7.81. The largest absolute Gasteiger partial charge is 0.369 e. The number of fused-ring (bicyclic) bond motifs is 1. The number of hydrogen-bond donors (Lipinski definition) is 1. The monoisotopic (exact) mass is 433 g/mol. The van der Waals surface area contributed by atoms with Crippen LogP contribution in [0.4, 0.5) is 0 Å². The number of ether oxygens (including phenoxy) is 1. The third kappa shape index (κ3) is 4.50. The Kier molecular flexibility index (Phi) is 6.23. The van der Waals surface area contributed by atoms with Crippen LogP contribution in [0.5, 0.6) is 0 Å². The zero-order valence-corrected chi connectivity index (χ0v) is 17.7. The molecule has 1 unspecified atom stereocenters. The molecule has 1 aromatic heterocycles. The third-order valence-corrected chi connectivity index (χ3v) is 5.48. The number of ketones is 1. The van der Waals surface area contributed by atoms with Crippen LogP contribution in [0.2, 0.25) is 0 Å². The molecule has 0 radical (unpaired) electrons. The number of nitrogens with one attached hydrogen (secondary N) is 1. The van der Waals surface area contributed by atoms with Gasteiger partial charge in [-0.05, 0) is 30.5 Å². The van der Waals surface area contributed by atoms with E-state index in [1.54, 1.807) is 25.1 Å². The molecule has 8 heteroatoms. The SMILES string of the molecule is Cc1nc2cccc(CC(=O)COCc3ccccc3)c2c(=O)n1C1CCC(=O)NC1=O. The van der Waals surface area contributed by atoms with Gasteiger partial charge in [-0.3, -0.25) is 29.1 Å². The van der Waals surface area contributed by atoms with Gasteiger partial charge in [0.1, 0.15) is 18.5 Å². The van der Waals surface area contributed by atoms with E-state index in [4.69, 9.17) is 4.74 Å². The van der Waals surface area contributed by atoms with Crippen molar-refractivity contribution < 1.29 is 19.1 Å². The maximum Gasteiger partial charge on any atom is 0.262 e. The summed E-state index contributed by atoms with van der Waals surface area (Å²) in [5.74, 6) is -0.657. The number of carbonyl (C=O) groups excluding carboxylic acids is 3. The first-order valence-corrected chi connectivity index (χ1v) is 10.4. The van der Waals surface area contributed by atoms with Crippen LogP contribution < -0.4 is 10.9 Å². The van der Waals surface area contributed by atoms with Crippen molar-refractivity contribution in [3.63, 3.8) is 0 Å². The molecule has 2 heterocycles. The van der Waals surface area contributed by atoms with E-state index < -0.39 is 17.5 Å². The second kappa shape index (κ2) is 9.23. The highest BCUT2D eigenvalue weighted by Crippen LogP contribution is 2.21. The summed E-state index contributed by atoms with van der Waals surface area (Å²) in [7, 11) is 0. The van der Waals surface area contributed by atoms with Crippen LogP contribution in [0, 0.1) is 6.92 Å². The molecule has 0 aliphatic carbocycles. The molecule has 0 saturated carbocycles. The first-order chi connectivity index (χ1) is 15.4. The van der Waals surface area contributed by atoms with Crippen molar-refractivity contribution >= 4 is 28.5 Å². The summed E-state index contributed by atoms with van der Waals surface area (Å²) >= 11 is 0. The fourth-order valence-electron chi connectivity index (χ4n) is 3.99. The molecular weight excluding hydrogens is 410 g/mol. The topological polar surface area (TPSA) is 107 Å². The van der Waals surface area contributed by atoms with E-state index in [-0.39, 0.29) is 37.6 Å². The molecule has 164 valence electrons. The number of rotatable bonds is 7. The Balaban J connectivity index is 1.58. The molecule has 1 aliphatic heterocycles. The Hall–Kier alpha value is -3.65. The summed E-state index contributed by atoms with van der Waals surface area (Å²) in [6, 6.07) is 13.9.